The maximum absolute atomic E-state index is 12.6. The SMILES string of the molecule is CC(C)NCc1sccc1S(=O)(=O)N(C)C1CCC1. The summed E-state index contributed by atoms with van der Waals surface area (Å²) >= 11 is 1.50. The molecule has 6 heteroatoms. The van der Waals surface area contributed by atoms with Crippen molar-refractivity contribution in [3.8, 4) is 0 Å². The minimum Gasteiger partial charge on any atom is -0.310 e. The van der Waals surface area contributed by atoms with Gasteiger partial charge in [-0.15, -0.1) is 11.3 Å². The Labute approximate surface area is 119 Å². The normalized spacial score (nSPS) is 17.1. The molecule has 19 heavy (non-hydrogen) atoms. The van der Waals surface area contributed by atoms with Crippen LogP contribution in [0.15, 0.2) is 16.3 Å². The summed E-state index contributed by atoms with van der Waals surface area (Å²) in [6.07, 6.45) is 3.11. The first-order chi connectivity index (χ1) is 8.93. The van der Waals surface area contributed by atoms with E-state index in [9.17, 15) is 8.42 Å². The fraction of sp³-hybridized carbons (Fsp3) is 0.692. The van der Waals surface area contributed by atoms with Gasteiger partial charge in [-0.05, 0) is 24.3 Å². The quantitative estimate of drug-likeness (QED) is 0.878. The van der Waals surface area contributed by atoms with Gasteiger partial charge in [-0.25, -0.2) is 8.42 Å². The molecule has 0 unspecified atom stereocenters. The summed E-state index contributed by atoms with van der Waals surface area (Å²) in [5.41, 5.74) is 0. The Bertz CT molecular complexity index is 519. The van der Waals surface area contributed by atoms with Crippen molar-refractivity contribution in [1.29, 1.82) is 0 Å². The van der Waals surface area contributed by atoms with Gasteiger partial charge < -0.3 is 5.32 Å². The van der Waals surface area contributed by atoms with E-state index in [0.29, 0.717) is 17.5 Å². The van der Waals surface area contributed by atoms with E-state index in [4.69, 9.17) is 0 Å². The summed E-state index contributed by atoms with van der Waals surface area (Å²) in [6.45, 7) is 4.73. The zero-order valence-electron chi connectivity index (χ0n) is 11.7. The third-order valence-corrected chi connectivity index (χ3v) is 6.67. The second kappa shape index (κ2) is 5.91. The molecule has 108 valence electrons. The highest BCUT2D eigenvalue weighted by molar-refractivity contribution is 7.89. The van der Waals surface area contributed by atoms with E-state index in [0.717, 1.165) is 24.1 Å². The molecular weight excluding hydrogens is 280 g/mol. The van der Waals surface area contributed by atoms with Gasteiger partial charge in [0.2, 0.25) is 10.0 Å². The van der Waals surface area contributed by atoms with Crippen LogP contribution in [0.1, 0.15) is 38.0 Å². The molecule has 1 aliphatic carbocycles. The number of hydrogen-bond acceptors (Lipinski definition) is 4. The van der Waals surface area contributed by atoms with Crippen molar-refractivity contribution >= 4 is 21.4 Å². The Morgan fingerprint density at radius 3 is 2.68 bits per heavy atom. The molecule has 1 saturated carbocycles. The van der Waals surface area contributed by atoms with Gasteiger partial charge >= 0.3 is 0 Å². The lowest BCUT2D eigenvalue weighted by Crippen LogP contribution is -2.41. The maximum atomic E-state index is 12.6. The lowest BCUT2D eigenvalue weighted by atomic mass is 9.94. The van der Waals surface area contributed by atoms with E-state index in [2.05, 4.69) is 19.2 Å². The summed E-state index contributed by atoms with van der Waals surface area (Å²) in [4.78, 5) is 1.37. The van der Waals surface area contributed by atoms with Crippen molar-refractivity contribution in [2.75, 3.05) is 7.05 Å². The lowest BCUT2D eigenvalue weighted by molar-refractivity contribution is 0.249. The second-order valence-corrected chi connectivity index (χ2v) is 8.32. The van der Waals surface area contributed by atoms with Crippen molar-refractivity contribution in [3.05, 3.63) is 16.3 Å². The van der Waals surface area contributed by atoms with Gasteiger partial charge in [0.15, 0.2) is 0 Å². The highest BCUT2D eigenvalue weighted by atomic mass is 32.2. The minimum absolute atomic E-state index is 0.191. The van der Waals surface area contributed by atoms with Crippen LogP contribution >= 0.6 is 11.3 Å². The first-order valence-electron chi connectivity index (χ1n) is 6.70. The van der Waals surface area contributed by atoms with E-state index in [1.807, 2.05) is 5.38 Å². The van der Waals surface area contributed by atoms with Crippen LogP contribution in [0.5, 0.6) is 0 Å². The van der Waals surface area contributed by atoms with Crippen LogP contribution < -0.4 is 5.32 Å². The summed E-state index contributed by atoms with van der Waals surface area (Å²) in [5, 5.41) is 5.14. The molecular formula is C13H22N2O2S2. The van der Waals surface area contributed by atoms with Gasteiger partial charge in [-0.3, -0.25) is 0 Å². The van der Waals surface area contributed by atoms with Crippen LogP contribution in [-0.2, 0) is 16.6 Å². The Morgan fingerprint density at radius 2 is 2.16 bits per heavy atom. The summed E-state index contributed by atoms with van der Waals surface area (Å²) in [7, 11) is -1.63. The van der Waals surface area contributed by atoms with E-state index >= 15 is 0 Å². The molecule has 0 saturated heterocycles. The Morgan fingerprint density at radius 1 is 1.47 bits per heavy atom. The Hall–Kier alpha value is -0.430. The highest BCUT2D eigenvalue weighted by Crippen LogP contribution is 2.31. The molecule has 2 rings (SSSR count). The van der Waals surface area contributed by atoms with Crippen LogP contribution in [-0.4, -0.2) is 31.9 Å². The molecule has 1 aromatic rings. The average molecular weight is 302 g/mol. The predicted octanol–water partition coefficient (Wildman–Crippen LogP) is 2.42. The Balaban J connectivity index is 2.18. The van der Waals surface area contributed by atoms with Crippen molar-refractivity contribution in [1.82, 2.24) is 9.62 Å². The number of rotatable bonds is 6. The standard InChI is InChI=1S/C13H22N2O2S2/c1-10(2)14-9-12-13(7-8-18-12)19(16,17)15(3)11-5-4-6-11/h7-8,10-11,14H,4-6,9H2,1-3H3. The van der Waals surface area contributed by atoms with Crippen LogP contribution in [0.2, 0.25) is 0 Å². The van der Waals surface area contributed by atoms with Gasteiger partial charge in [0, 0.05) is 30.6 Å². The average Bonchev–Trinajstić information content (AvgIpc) is 2.72. The van der Waals surface area contributed by atoms with Crippen LogP contribution in [0.3, 0.4) is 0 Å². The smallest absolute Gasteiger partial charge is 0.244 e. The molecule has 0 aromatic carbocycles. The number of sulfonamides is 1. The van der Waals surface area contributed by atoms with E-state index in [1.165, 1.54) is 11.3 Å². The topological polar surface area (TPSA) is 49.4 Å². The second-order valence-electron chi connectivity index (χ2n) is 5.35. The maximum Gasteiger partial charge on any atom is 0.244 e. The zero-order valence-corrected chi connectivity index (χ0v) is 13.4. The van der Waals surface area contributed by atoms with Gasteiger partial charge in [-0.1, -0.05) is 20.3 Å². The van der Waals surface area contributed by atoms with Crippen LogP contribution in [0.25, 0.3) is 0 Å². The first kappa shape index (κ1) is 15.0. The van der Waals surface area contributed by atoms with Crippen molar-refractivity contribution in [2.45, 2.75) is 56.6 Å². The molecule has 0 amide bonds. The summed E-state index contributed by atoms with van der Waals surface area (Å²) in [6, 6.07) is 2.27. The summed E-state index contributed by atoms with van der Waals surface area (Å²) in [5.74, 6) is 0. The third-order valence-electron chi connectivity index (χ3n) is 3.62. The van der Waals surface area contributed by atoms with Gasteiger partial charge in [0.05, 0.1) is 4.90 Å². The molecule has 1 heterocycles. The third kappa shape index (κ3) is 3.18. The molecule has 0 bridgehead atoms. The molecule has 0 spiro atoms. The van der Waals surface area contributed by atoms with E-state index in [-0.39, 0.29) is 6.04 Å². The molecule has 4 nitrogen and oxygen atoms in total. The number of thiophene rings is 1. The molecule has 0 aliphatic heterocycles. The number of nitrogens with zero attached hydrogens (tertiary/aromatic N) is 1. The monoisotopic (exact) mass is 302 g/mol. The van der Waals surface area contributed by atoms with E-state index in [1.54, 1.807) is 17.4 Å². The first-order valence-corrected chi connectivity index (χ1v) is 9.02. The fourth-order valence-corrected chi connectivity index (χ4v) is 4.87. The van der Waals surface area contributed by atoms with E-state index < -0.39 is 10.0 Å². The molecule has 1 fully saturated rings. The van der Waals surface area contributed by atoms with Crippen molar-refractivity contribution in [2.24, 2.45) is 0 Å². The number of nitrogens with one attached hydrogen (secondary N) is 1. The Kier molecular flexibility index (Phi) is 4.66. The molecule has 1 aromatic heterocycles. The highest BCUT2D eigenvalue weighted by Gasteiger charge is 2.33. The number of hydrogen-bond donors (Lipinski definition) is 1. The van der Waals surface area contributed by atoms with Crippen LogP contribution in [0, 0.1) is 0 Å². The largest absolute Gasteiger partial charge is 0.310 e. The van der Waals surface area contributed by atoms with Gasteiger partial charge in [0.1, 0.15) is 0 Å². The molecule has 1 N–H and O–H groups in total. The minimum atomic E-state index is -3.33. The van der Waals surface area contributed by atoms with Gasteiger partial charge in [-0.2, -0.15) is 4.31 Å². The molecule has 0 radical (unpaired) electrons. The lowest BCUT2D eigenvalue weighted by Gasteiger charge is -2.33. The summed E-state index contributed by atoms with van der Waals surface area (Å²) < 4.78 is 26.7. The fourth-order valence-electron chi connectivity index (χ4n) is 2.09. The zero-order chi connectivity index (χ0) is 14.0. The molecule has 1 aliphatic rings. The van der Waals surface area contributed by atoms with Crippen LogP contribution in [0.4, 0.5) is 0 Å². The predicted molar refractivity (Wildman–Crippen MR) is 78.9 cm³/mol. The molecule has 0 atom stereocenters. The van der Waals surface area contributed by atoms with Gasteiger partial charge in [0.25, 0.3) is 0 Å². The van der Waals surface area contributed by atoms with Crippen molar-refractivity contribution in [3.63, 3.8) is 0 Å². The van der Waals surface area contributed by atoms with Crippen molar-refractivity contribution < 1.29 is 8.42 Å².